The second kappa shape index (κ2) is 5.93. The summed E-state index contributed by atoms with van der Waals surface area (Å²) in [5.41, 5.74) is 1.01. The minimum absolute atomic E-state index is 0.197. The van der Waals surface area contributed by atoms with Crippen LogP contribution < -0.4 is 5.32 Å². The number of carboxylic acid groups (broad SMARTS) is 1. The van der Waals surface area contributed by atoms with Gasteiger partial charge in [0.15, 0.2) is 18.4 Å². The average molecular weight is 281 g/mol. The van der Waals surface area contributed by atoms with E-state index in [1.807, 2.05) is 5.32 Å². The molecule has 0 radical (unpaired) electrons. The fraction of sp³-hybridized carbons (Fsp3) is 0.300. The molecule has 0 saturated heterocycles. The minimum Gasteiger partial charge on any atom is -0.480 e. The van der Waals surface area contributed by atoms with Crippen molar-refractivity contribution in [3.63, 3.8) is 0 Å². The lowest BCUT2D eigenvalue weighted by Gasteiger charge is -2.12. The first-order valence-electron chi connectivity index (χ1n) is 5.49. The lowest BCUT2D eigenvalue weighted by molar-refractivity contribution is -0.140. The van der Waals surface area contributed by atoms with E-state index in [2.05, 4.69) is 15.0 Å². The number of hydrogen-bond acceptors (Lipinski definition) is 7. The van der Waals surface area contributed by atoms with Crippen LogP contribution in [0.5, 0.6) is 0 Å². The van der Waals surface area contributed by atoms with Crippen molar-refractivity contribution < 1.29 is 24.5 Å². The lowest BCUT2D eigenvalue weighted by atomic mass is 10.3. The molecule has 0 fully saturated rings. The Balaban J connectivity index is 1.95. The molecule has 10 nitrogen and oxygen atoms in total. The van der Waals surface area contributed by atoms with Crippen molar-refractivity contribution in [2.75, 3.05) is 6.61 Å². The molecule has 2 aromatic rings. The number of carboxylic acids is 1. The van der Waals surface area contributed by atoms with Gasteiger partial charge in [0.25, 0.3) is 0 Å². The third-order valence-corrected chi connectivity index (χ3v) is 2.39. The zero-order chi connectivity index (χ0) is 14.5. The Morgan fingerprint density at radius 1 is 1.45 bits per heavy atom. The smallest absolute Gasteiger partial charge is 0.409 e. The van der Waals surface area contributed by atoms with Crippen molar-refractivity contribution in [1.29, 1.82) is 0 Å². The summed E-state index contributed by atoms with van der Waals surface area (Å²) in [5.74, 6) is -1.36. The molecule has 1 amide bonds. The van der Waals surface area contributed by atoms with Crippen molar-refractivity contribution >= 4 is 23.2 Å². The van der Waals surface area contributed by atoms with Crippen molar-refractivity contribution in [2.24, 2.45) is 0 Å². The van der Waals surface area contributed by atoms with Crippen LogP contribution in [0.4, 0.5) is 4.79 Å². The summed E-state index contributed by atoms with van der Waals surface area (Å²) in [5, 5.41) is 19.4. The van der Waals surface area contributed by atoms with E-state index in [1.54, 1.807) is 0 Å². The number of aliphatic hydroxyl groups is 1. The average Bonchev–Trinajstić information content (AvgIpc) is 2.85. The van der Waals surface area contributed by atoms with Gasteiger partial charge in [-0.15, -0.1) is 0 Å². The molecule has 3 N–H and O–H groups in total. The maximum Gasteiger partial charge on any atom is 0.409 e. The Hall–Kier alpha value is -2.75. The Bertz CT molecular complexity index is 627. The highest BCUT2D eigenvalue weighted by Crippen LogP contribution is 2.06. The normalized spacial score (nSPS) is 12.1. The van der Waals surface area contributed by atoms with Crippen LogP contribution in [0, 0.1) is 0 Å². The zero-order valence-electron chi connectivity index (χ0n) is 10.1. The van der Waals surface area contributed by atoms with Gasteiger partial charge in [-0.05, 0) is 0 Å². The lowest BCUT2D eigenvalue weighted by Crippen LogP contribution is -2.43. The third-order valence-electron chi connectivity index (χ3n) is 2.39. The van der Waals surface area contributed by atoms with Gasteiger partial charge in [-0.25, -0.2) is 24.5 Å². The van der Waals surface area contributed by atoms with Gasteiger partial charge in [0.05, 0.1) is 19.1 Å². The van der Waals surface area contributed by atoms with Gasteiger partial charge < -0.3 is 20.3 Å². The quantitative estimate of drug-likeness (QED) is 0.631. The van der Waals surface area contributed by atoms with Crippen molar-refractivity contribution in [3.05, 3.63) is 18.9 Å². The van der Waals surface area contributed by atoms with Gasteiger partial charge in [-0.1, -0.05) is 0 Å². The number of alkyl carbamates (subject to hydrolysis) is 1. The van der Waals surface area contributed by atoms with E-state index in [0.29, 0.717) is 11.2 Å². The summed E-state index contributed by atoms with van der Waals surface area (Å²) in [6.07, 6.45) is 3.27. The van der Waals surface area contributed by atoms with Gasteiger partial charge in [0.2, 0.25) is 0 Å². The molecule has 10 heteroatoms. The number of imidazole rings is 1. The predicted octanol–water partition coefficient (Wildman–Crippen LogP) is -1.04. The number of amides is 1. The first-order valence-corrected chi connectivity index (χ1v) is 5.49. The number of rotatable bonds is 5. The van der Waals surface area contributed by atoms with E-state index in [9.17, 15) is 9.59 Å². The fourth-order valence-corrected chi connectivity index (χ4v) is 1.41. The Morgan fingerprint density at radius 2 is 2.25 bits per heavy atom. The highest BCUT2D eigenvalue weighted by molar-refractivity contribution is 5.79. The standard InChI is InChI=1S/C10H11N5O5/c16-2-7(9(17)18)14-10(19)20-5-15-4-13-6-1-11-3-12-8(6)15/h1,3-4,7,16H,2,5H2,(H,14,19)(H,17,18). The highest BCUT2D eigenvalue weighted by atomic mass is 16.6. The molecule has 2 heterocycles. The van der Waals surface area contributed by atoms with Crippen LogP contribution in [0.1, 0.15) is 0 Å². The van der Waals surface area contributed by atoms with Crippen LogP contribution in [-0.2, 0) is 16.3 Å². The molecule has 0 aromatic carbocycles. The number of fused-ring (bicyclic) bond motifs is 1. The Kier molecular flexibility index (Phi) is 4.05. The number of carbonyl (C=O) groups is 2. The fourth-order valence-electron chi connectivity index (χ4n) is 1.41. The van der Waals surface area contributed by atoms with E-state index in [0.717, 1.165) is 0 Å². The molecular weight excluding hydrogens is 270 g/mol. The molecule has 2 aromatic heterocycles. The van der Waals surface area contributed by atoms with E-state index in [4.69, 9.17) is 14.9 Å². The second-order valence-corrected chi connectivity index (χ2v) is 3.72. The minimum atomic E-state index is -1.41. The summed E-state index contributed by atoms with van der Waals surface area (Å²) in [6, 6.07) is -1.41. The summed E-state index contributed by atoms with van der Waals surface area (Å²) in [6.45, 7) is -0.928. The Morgan fingerprint density at radius 3 is 2.95 bits per heavy atom. The topological polar surface area (TPSA) is 139 Å². The van der Waals surface area contributed by atoms with Crippen LogP contribution in [0.2, 0.25) is 0 Å². The number of hydrogen-bond donors (Lipinski definition) is 3. The molecule has 2 rings (SSSR count). The number of aliphatic carboxylic acids is 1. The summed E-state index contributed by atoms with van der Waals surface area (Å²) in [4.78, 5) is 33.7. The van der Waals surface area contributed by atoms with E-state index < -0.39 is 24.7 Å². The molecule has 106 valence electrons. The molecule has 0 aliphatic heterocycles. The highest BCUT2D eigenvalue weighted by Gasteiger charge is 2.19. The molecule has 0 saturated carbocycles. The van der Waals surface area contributed by atoms with Crippen LogP contribution >= 0.6 is 0 Å². The maximum atomic E-state index is 11.4. The monoisotopic (exact) mass is 281 g/mol. The van der Waals surface area contributed by atoms with Gasteiger partial charge in [-0.2, -0.15) is 0 Å². The van der Waals surface area contributed by atoms with Gasteiger partial charge in [0, 0.05) is 0 Å². The summed E-state index contributed by atoms with van der Waals surface area (Å²) < 4.78 is 6.26. The molecule has 0 aliphatic rings. The first-order chi connectivity index (χ1) is 9.61. The molecule has 0 spiro atoms. The van der Waals surface area contributed by atoms with Crippen LogP contribution in [0.3, 0.4) is 0 Å². The van der Waals surface area contributed by atoms with Crippen LogP contribution in [-0.4, -0.2) is 54.4 Å². The largest absolute Gasteiger partial charge is 0.480 e. The SMILES string of the molecule is O=C(NC(CO)C(=O)O)OCn1cnc2cncnc21. The molecule has 20 heavy (non-hydrogen) atoms. The number of nitrogens with one attached hydrogen (secondary N) is 1. The number of aromatic nitrogens is 4. The number of carbonyl (C=O) groups excluding carboxylic acids is 1. The predicted molar refractivity (Wildman–Crippen MR) is 63.4 cm³/mol. The second-order valence-electron chi connectivity index (χ2n) is 3.72. The van der Waals surface area contributed by atoms with Crippen LogP contribution in [0.25, 0.3) is 11.2 Å². The van der Waals surface area contributed by atoms with Crippen LogP contribution in [0.15, 0.2) is 18.9 Å². The van der Waals surface area contributed by atoms with Gasteiger partial charge in [0.1, 0.15) is 11.8 Å². The molecule has 0 bridgehead atoms. The maximum absolute atomic E-state index is 11.4. The van der Waals surface area contributed by atoms with Gasteiger partial charge in [-0.3, -0.25) is 4.57 Å². The molecule has 1 unspecified atom stereocenters. The van der Waals surface area contributed by atoms with E-state index >= 15 is 0 Å². The first kappa shape index (κ1) is 13.7. The number of aliphatic hydroxyl groups excluding tert-OH is 1. The number of nitrogens with zero attached hydrogens (tertiary/aromatic N) is 4. The number of ether oxygens (including phenoxy) is 1. The third kappa shape index (κ3) is 2.98. The van der Waals surface area contributed by atoms with Gasteiger partial charge >= 0.3 is 12.1 Å². The summed E-state index contributed by atoms with van der Waals surface area (Å²) in [7, 11) is 0. The van der Waals surface area contributed by atoms with Crippen molar-refractivity contribution in [2.45, 2.75) is 12.8 Å². The molecular formula is C10H11N5O5. The molecule has 1 atom stereocenters. The molecule has 0 aliphatic carbocycles. The zero-order valence-corrected chi connectivity index (χ0v) is 10.1. The van der Waals surface area contributed by atoms with E-state index in [-0.39, 0.29) is 6.73 Å². The van der Waals surface area contributed by atoms with Crippen molar-refractivity contribution in [1.82, 2.24) is 24.8 Å². The summed E-state index contributed by atoms with van der Waals surface area (Å²) >= 11 is 0. The van der Waals surface area contributed by atoms with Crippen molar-refractivity contribution in [3.8, 4) is 0 Å². The Labute approximate surface area is 112 Å². The van der Waals surface area contributed by atoms with E-state index in [1.165, 1.54) is 23.4 Å².